The Hall–Kier alpha value is -3.73. The van der Waals surface area contributed by atoms with Gasteiger partial charge in [-0.1, -0.05) is 82.9 Å². The van der Waals surface area contributed by atoms with Crippen molar-refractivity contribution in [3.05, 3.63) is 101 Å². The van der Waals surface area contributed by atoms with E-state index < -0.39 is 5.97 Å². The number of hydrogen-bond acceptors (Lipinski definition) is 4. The molecule has 0 aliphatic carbocycles. The SMILES string of the molecule is CCCCCCCCCCCCOc1ccc(C(=O)Oc2ccc(/C=C/C(=O)c3ccc(F)cc3)cc2)cc1. The number of ether oxygens (including phenoxy) is 2. The van der Waals surface area contributed by atoms with Gasteiger partial charge in [0.05, 0.1) is 12.2 Å². The second-order valence-corrected chi connectivity index (χ2v) is 9.72. The van der Waals surface area contributed by atoms with Crippen molar-refractivity contribution in [1.82, 2.24) is 0 Å². The van der Waals surface area contributed by atoms with E-state index in [1.807, 2.05) is 0 Å². The number of unbranched alkanes of at least 4 members (excludes halogenated alkanes) is 9. The van der Waals surface area contributed by atoms with Gasteiger partial charge in [-0.05, 0) is 78.7 Å². The van der Waals surface area contributed by atoms with Crippen LogP contribution in [0.3, 0.4) is 0 Å². The minimum Gasteiger partial charge on any atom is -0.494 e. The minimum absolute atomic E-state index is 0.221. The summed E-state index contributed by atoms with van der Waals surface area (Å²) in [5.41, 5.74) is 1.62. The highest BCUT2D eigenvalue weighted by Gasteiger charge is 2.09. The summed E-state index contributed by atoms with van der Waals surface area (Å²) in [4.78, 5) is 24.7. The predicted octanol–water partition coefficient (Wildman–Crippen LogP) is 9.24. The standard InChI is InChI=1S/C34H39FO4/c1-2-3-4-5-6-7-8-9-10-11-26-38-31-23-17-29(18-24-31)34(37)39-32-21-12-27(13-22-32)14-25-33(36)28-15-19-30(35)20-16-28/h12-25H,2-11,26H2,1H3/b25-14+. The fourth-order valence-corrected chi connectivity index (χ4v) is 4.16. The molecule has 0 radical (unpaired) electrons. The van der Waals surface area contributed by atoms with E-state index in [1.54, 1.807) is 54.6 Å². The first-order valence-corrected chi connectivity index (χ1v) is 14.1. The van der Waals surface area contributed by atoms with Crippen molar-refractivity contribution in [2.45, 2.75) is 71.1 Å². The molecule has 206 valence electrons. The van der Waals surface area contributed by atoms with Crippen LogP contribution in [0.25, 0.3) is 6.08 Å². The van der Waals surface area contributed by atoms with Gasteiger partial charge >= 0.3 is 5.97 Å². The normalized spacial score (nSPS) is 11.0. The van der Waals surface area contributed by atoms with Crippen LogP contribution in [0, 0.1) is 5.82 Å². The molecule has 0 spiro atoms. The van der Waals surface area contributed by atoms with Crippen LogP contribution in [0.4, 0.5) is 4.39 Å². The predicted molar refractivity (Wildman–Crippen MR) is 155 cm³/mol. The lowest BCUT2D eigenvalue weighted by Gasteiger charge is -2.08. The van der Waals surface area contributed by atoms with Crippen LogP contribution >= 0.6 is 0 Å². The van der Waals surface area contributed by atoms with Crippen molar-refractivity contribution in [2.75, 3.05) is 6.61 Å². The molecule has 0 fully saturated rings. The fourth-order valence-electron chi connectivity index (χ4n) is 4.16. The van der Waals surface area contributed by atoms with E-state index in [0.717, 1.165) is 17.7 Å². The number of halogens is 1. The first-order valence-electron chi connectivity index (χ1n) is 14.1. The molecule has 4 nitrogen and oxygen atoms in total. The Morgan fingerprint density at radius 2 is 1.21 bits per heavy atom. The molecule has 0 aliphatic rings. The molecular weight excluding hydrogens is 491 g/mol. The number of carbonyl (C=O) groups excluding carboxylic acids is 2. The van der Waals surface area contributed by atoms with Crippen LogP contribution in [0.1, 0.15) is 97.4 Å². The highest BCUT2D eigenvalue weighted by atomic mass is 19.1. The van der Waals surface area contributed by atoms with Crippen LogP contribution in [0.15, 0.2) is 78.9 Å². The van der Waals surface area contributed by atoms with E-state index in [1.165, 1.54) is 88.1 Å². The van der Waals surface area contributed by atoms with E-state index in [-0.39, 0.29) is 11.6 Å². The maximum Gasteiger partial charge on any atom is 0.343 e. The highest BCUT2D eigenvalue weighted by molar-refractivity contribution is 6.06. The molecule has 5 heteroatoms. The Labute approximate surface area is 231 Å². The van der Waals surface area contributed by atoms with Crippen LogP contribution in [0.2, 0.25) is 0 Å². The van der Waals surface area contributed by atoms with Gasteiger partial charge in [-0.25, -0.2) is 9.18 Å². The average molecular weight is 531 g/mol. The minimum atomic E-state index is -0.453. The molecule has 0 saturated carbocycles. The highest BCUT2D eigenvalue weighted by Crippen LogP contribution is 2.18. The molecule has 0 atom stereocenters. The van der Waals surface area contributed by atoms with Gasteiger partial charge in [0.15, 0.2) is 5.78 Å². The summed E-state index contributed by atoms with van der Waals surface area (Å²) in [6.07, 6.45) is 16.0. The van der Waals surface area contributed by atoms with Gasteiger partial charge in [-0.3, -0.25) is 4.79 Å². The summed E-state index contributed by atoms with van der Waals surface area (Å²) >= 11 is 0. The lowest BCUT2D eigenvalue weighted by atomic mass is 10.1. The number of ketones is 1. The summed E-state index contributed by atoms with van der Waals surface area (Å²) in [5.74, 6) is 0.0917. The molecule has 0 heterocycles. The zero-order valence-corrected chi connectivity index (χ0v) is 22.9. The summed E-state index contributed by atoms with van der Waals surface area (Å²) in [5, 5.41) is 0. The van der Waals surface area contributed by atoms with Crippen molar-refractivity contribution in [2.24, 2.45) is 0 Å². The topological polar surface area (TPSA) is 52.6 Å². The maximum atomic E-state index is 13.0. The Morgan fingerprint density at radius 1 is 0.667 bits per heavy atom. The molecule has 3 aromatic rings. The second-order valence-electron chi connectivity index (χ2n) is 9.72. The number of benzene rings is 3. The van der Waals surface area contributed by atoms with E-state index >= 15 is 0 Å². The number of carbonyl (C=O) groups is 2. The van der Waals surface area contributed by atoms with Crippen molar-refractivity contribution in [3.63, 3.8) is 0 Å². The second kappa shape index (κ2) is 17.0. The quantitative estimate of drug-likeness (QED) is 0.0574. The van der Waals surface area contributed by atoms with Gasteiger partial charge in [0.2, 0.25) is 0 Å². The molecule has 0 aromatic heterocycles. The maximum absolute atomic E-state index is 13.0. The Morgan fingerprint density at radius 3 is 1.82 bits per heavy atom. The molecule has 39 heavy (non-hydrogen) atoms. The van der Waals surface area contributed by atoms with Gasteiger partial charge in [0.1, 0.15) is 17.3 Å². The lowest BCUT2D eigenvalue weighted by Crippen LogP contribution is -2.08. The molecular formula is C34H39FO4. The monoisotopic (exact) mass is 530 g/mol. The number of hydrogen-bond donors (Lipinski definition) is 0. The number of allylic oxidation sites excluding steroid dienone is 1. The van der Waals surface area contributed by atoms with Gasteiger partial charge in [0.25, 0.3) is 0 Å². The third-order valence-corrected chi connectivity index (χ3v) is 6.50. The Bertz CT molecular complexity index is 1170. The van der Waals surface area contributed by atoms with Crippen molar-refractivity contribution in [1.29, 1.82) is 0 Å². The van der Waals surface area contributed by atoms with Crippen LogP contribution in [-0.2, 0) is 0 Å². The number of rotatable bonds is 17. The molecule has 0 bridgehead atoms. The van der Waals surface area contributed by atoms with Crippen LogP contribution < -0.4 is 9.47 Å². The first-order chi connectivity index (χ1) is 19.0. The smallest absolute Gasteiger partial charge is 0.343 e. The zero-order chi connectivity index (χ0) is 27.7. The van der Waals surface area contributed by atoms with Gasteiger partial charge in [0, 0.05) is 5.56 Å². The van der Waals surface area contributed by atoms with Gasteiger partial charge < -0.3 is 9.47 Å². The van der Waals surface area contributed by atoms with Crippen LogP contribution in [-0.4, -0.2) is 18.4 Å². The third kappa shape index (κ3) is 11.3. The Kier molecular flexibility index (Phi) is 13.0. The molecule has 3 rings (SSSR count). The van der Waals surface area contributed by atoms with Crippen LogP contribution in [0.5, 0.6) is 11.5 Å². The summed E-state index contributed by atoms with van der Waals surface area (Å²) < 4.78 is 24.3. The first kappa shape index (κ1) is 29.8. The summed E-state index contributed by atoms with van der Waals surface area (Å²) in [7, 11) is 0. The van der Waals surface area contributed by atoms with Gasteiger partial charge in [-0.15, -0.1) is 0 Å². The zero-order valence-electron chi connectivity index (χ0n) is 22.9. The largest absolute Gasteiger partial charge is 0.494 e. The molecule has 0 aliphatic heterocycles. The Balaban J connectivity index is 1.34. The fraction of sp³-hybridized carbons (Fsp3) is 0.353. The van der Waals surface area contributed by atoms with Gasteiger partial charge in [-0.2, -0.15) is 0 Å². The third-order valence-electron chi connectivity index (χ3n) is 6.50. The molecule has 0 unspecified atom stereocenters. The average Bonchev–Trinajstić information content (AvgIpc) is 2.96. The number of esters is 1. The molecule has 0 N–H and O–H groups in total. The van der Waals surface area contributed by atoms with E-state index in [0.29, 0.717) is 23.5 Å². The van der Waals surface area contributed by atoms with Crippen molar-refractivity contribution >= 4 is 17.8 Å². The van der Waals surface area contributed by atoms with E-state index in [9.17, 15) is 14.0 Å². The lowest BCUT2D eigenvalue weighted by molar-refractivity contribution is 0.0734. The summed E-state index contributed by atoms with van der Waals surface area (Å²) in [6, 6.07) is 19.2. The summed E-state index contributed by atoms with van der Waals surface area (Å²) in [6.45, 7) is 2.93. The molecule has 0 amide bonds. The van der Waals surface area contributed by atoms with E-state index in [2.05, 4.69) is 6.92 Å². The van der Waals surface area contributed by atoms with E-state index in [4.69, 9.17) is 9.47 Å². The van der Waals surface area contributed by atoms with Crippen molar-refractivity contribution in [3.8, 4) is 11.5 Å². The van der Waals surface area contributed by atoms with Crippen molar-refractivity contribution < 1.29 is 23.5 Å². The molecule has 0 saturated heterocycles. The molecule has 3 aromatic carbocycles.